The number of phenols is 1. The SMILES string of the molecule is COc1cc([C@H](O)[C@@H](CO)Oc2c(OC)cc(-c3ccccc3)cc2OC)ccc1O. The first-order valence-corrected chi connectivity index (χ1v) is 9.66. The lowest BCUT2D eigenvalue weighted by atomic mass is 10.0. The van der Waals surface area contributed by atoms with Crippen LogP contribution in [0.3, 0.4) is 0 Å². The van der Waals surface area contributed by atoms with Gasteiger partial charge < -0.3 is 34.3 Å². The smallest absolute Gasteiger partial charge is 0.204 e. The Hall–Kier alpha value is -3.42. The van der Waals surface area contributed by atoms with Gasteiger partial charge in [0.25, 0.3) is 0 Å². The van der Waals surface area contributed by atoms with E-state index >= 15 is 0 Å². The van der Waals surface area contributed by atoms with Gasteiger partial charge in [0, 0.05) is 0 Å². The molecule has 2 atom stereocenters. The molecule has 31 heavy (non-hydrogen) atoms. The molecule has 0 fully saturated rings. The van der Waals surface area contributed by atoms with Crippen molar-refractivity contribution in [2.45, 2.75) is 12.2 Å². The van der Waals surface area contributed by atoms with Crippen molar-refractivity contribution in [1.29, 1.82) is 0 Å². The maximum Gasteiger partial charge on any atom is 0.204 e. The molecule has 0 aliphatic rings. The van der Waals surface area contributed by atoms with Crippen LogP contribution in [-0.4, -0.2) is 49.4 Å². The molecular formula is C24H26O7. The van der Waals surface area contributed by atoms with E-state index in [-0.39, 0.29) is 17.2 Å². The Morgan fingerprint density at radius 3 is 1.94 bits per heavy atom. The van der Waals surface area contributed by atoms with Crippen LogP contribution in [0.1, 0.15) is 11.7 Å². The minimum atomic E-state index is -1.21. The molecule has 0 bridgehead atoms. The Balaban J connectivity index is 1.95. The van der Waals surface area contributed by atoms with Gasteiger partial charge in [-0.3, -0.25) is 0 Å². The van der Waals surface area contributed by atoms with Gasteiger partial charge in [0.15, 0.2) is 29.1 Å². The van der Waals surface area contributed by atoms with E-state index in [0.29, 0.717) is 17.1 Å². The summed E-state index contributed by atoms with van der Waals surface area (Å²) in [5, 5.41) is 30.5. The largest absolute Gasteiger partial charge is 0.504 e. The molecule has 0 aliphatic carbocycles. The molecule has 0 aromatic heterocycles. The summed E-state index contributed by atoms with van der Waals surface area (Å²) in [4.78, 5) is 0. The Morgan fingerprint density at radius 2 is 1.39 bits per heavy atom. The summed E-state index contributed by atoms with van der Waals surface area (Å²) in [5.74, 6) is 1.20. The van der Waals surface area contributed by atoms with Gasteiger partial charge in [0.2, 0.25) is 5.75 Å². The van der Waals surface area contributed by atoms with Crippen molar-refractivity contribution in [1.82, 2.24) is 0 Å². The van der Waals surface area contributed by atoms with E-state index in [2.05, 4.69) is 0 Å². The summed E-state index contributed by atoms with van der Waals surface area (Å²) in [6, 6.07) is 17.8. The van der Waals surface area contributed by atoms with Gasteiger partial charge >= 0.3 is 0 Å². The lowest BCUT2D eigenvalue weighted by Crippen LogP contribution is -2.29. The van der Waals surface area contributed by atoms with Crippen LogP contribution in [0.15, 0.2) is 60.7 Å². The molecule has 7 nitrogen and oxygen atoms in total. The number of methoxy groups -OCH3 is 3. The molecule has 3 aromatic carbocycles. The molecule has 0 saturated carbocycles. The average molecular weight is 426 g/mol. The third-order valence-corrected chi connectivity index (χ3v) is 4.91. The number of hydrogen-bond acceptors (Lipinski definition) is 7. The molecule has 3 aromatic rings. The van der Waals surface area contributed by atoms with E-state index < -0.39 is 18.8 Å². The van der Waals surface area contributed by atoms with Crippen molar-refractivity contribution in [3.63, 3.8) is 0 Å². The van der Waals surface area contributed by atoms with Crippen LogP contribution in [0, 0.1) is 0 Å². The molecule has 0 heterocycles. The second-order valence-corrected chi connectivity index (χ2v) is 6.79. The maximum absolute atomic E-state index is 10.8. The minimum Gasteiger partial charge on any atom is -0.504 e. The van der Waals surface area contributed by atoms with Gasteiger partial charge in [-0.25, -0.2) is 0 Å². The predicted octanol–water partition coefficient (Wildman–Crippen LogP) is 3.56. The second kappa shape index (κ2) is 10.1. The number of aliphatic hydroxyl groups is 2. The Morgan fingerprint density at radius 1 is 0.774 bits per heavy atom. The molecule has 3 N–H and O–H groups in total. The maximum atomic E-state index is 10.8. The molecular weight excluding hydrogens is 400 g/mol. The molecule has 7 heteroatoms. The fourth-order valence-corrected chi connectivity index (χ4v) is 3.24. The van der Waals surface area contributed by atoms with E-state index in [1.165, 1.54) is 39.5 Å². The number of ether oxygens (including phenoxy) is 4. The van der Waals surface area contributed by atoms with Crippen molar-refractivity contribution in [3.8, 4) is 39.9 Å². The zero-order chi connectivity index (χ0) is 22.4. The average Bonchev–Trinajstić information content (AvgIpc) is 2.82. The summed E-state index contributed by atoms with van der Waals surface area (Å²) in [6.07, 6.45) is -2.23. The first-order chi connectivity index (χ1) is 15.0. The first kappa shape index (κ1) is 22.3. The van der Waals surface area contributed by atoms with Crippen LogP contribution in [-0.2, 0) is 0 Å². The van der Waals surface area contributed by atoms with Crippen LogP contribution in [0.2, 0.25) is 0 Å². The Kier molecular flexibility index (Phi) is 7.23. The number of hydrogen-bond donors (Lipinski definition) is 3. The summed E-state index contributed by atoms with van der Waals surface area (Å²) in [6.45, 7) is -0.475. The fraction of sp³-hybridized carbons (Fsp3) is 0.250. The number of aliphatic hydroxyl groups excluding tert-OH is 2. The number of phenolic OH excluding ortho intramolecular Hbond substituents is 1. The van der Waals surface area contributed by atoms with Crippen LogP contribution in [0.5, 0.6) is 28.7 Å². The summed E-state index contributed by atoms with van der Waals surface area (Å²) < 4.78 is 22.1. The third-order valence-electron chi connectivity index (χ3n) is 4.91. The van der Waals surface area contributed by atoms with Crippen molar-refractivity contribution in [3.05, 3.63) is 66.2 Å². The van der Waals surface area contributed by atoms with E-state index in [1.54, 1.807) is 12.1 Å². The van der Waals surface area contributed by atoms with Gasteiger partial charge in [0.1, 0.15) is 6.10 Å². The zero-order valence-corrected chi connectivity index (χ0v) is 17.6. The van der Waals surface area contributed by atoms with Gasteiger partial charge in [0.05, 0.1) is 27.9 Å². The van der Waals surface area contributed by atoms with Crippen molar-refractivity contribution < 1.29 is 34.3 Å². The van der Waals surface area contributed by atoms with Crippen LogP contribution >= 0.6 is 0 Å². The molecule has 0 amide bonds. The normalized spacial score (nSPS) is 12.7. The molecule has 0 spiro atoms. The molecule has 0 radical (unpaired) electrons. The van der Waals surface area contributed by atoms with Gasteiger partial charge in [-0.15, -0.1) is 0 Å². The Labute approximate surface area is 181 Å². The number of rotatable bonds is 9. The summed E-state index contributed by atoms with van der Waals surface area (Å²) in [5.41, 5.74) is 2.25. The van der Waals surface area contributed by atoms with Crippen molar-refractivity contribution in [2.75, 3.05) is 27.9 Å². The monoisotopic (exact) mass is 426 g/mol. The van der Waals surface area contributed by atoms with Crippen LogP contribution < -0.4 is 18.9 Å². The van der Waals surface area contributed by atoms with Crippen molar-refractivity contribution in [2.24, 2.45) is 0 Å². The molecule has 0 saturated heterocycles. The zero-order valence-electron chi connectivity index (χ0n) is 17.6. The quantitative estimate of drug-likeness (QED) is 0.481. The summed E-state index contributed by atoms with van der Waals surface area (Å²) in [7, 11) is 4.42. The molecule has 0 unspecified atom stereocenters. The number of aromatic hydroxyl groups is 1. The lowest BCUT2D eigenvalue weighted by molar-refractivity contribution is -0.00173. The summed E-state index contributed by atoms with van der Waals surface area (Å²) >= 11 is 0. The minimum absolute atomic E-state index is 0.0558. The van der Waals surface area contributed by atoms with Gasteiger partial charge in [-0.2, -0.15) is 0 Å². The highest BCUT2D eigenvalue weighted by molar-refractivity contribution is 5.71. The standard InChI is InChI=1S/C24H26O7/c1-28-19-11-16(9-10-18(19)26)23(27)22(14-25)31-24-20(29-2)12-17(13-21(24)30-3)15-7-5-4-6-8-15/h4-13,22-23,25-27H,14H2,1-3H3/t22-,23+/m1/s1. The lowest BCUT2D eigenvalue weighted by Gasteiger charge is -2.25. The van der Waals surface area contributed by atoms with Gasteiger partial charge in [-0.1, -0.05) is 36.4 Å². The topological polar surface area (TPSA) is 97.6 Å². The second-order valence-electron chi connectivity index (χ2n) is 6.79. The van der Waals surface area contributed by atoms with E-state index in [1.807, 2.05) is 30.3 Å². The first-order valence-electron chi connectivity index (χ1n) is 9.66. The van der Waals surface area contributed by atoms with Crippen LogP contribution in [0.25, 0.3) is 11.1 Å². The van der Waals surface area contributed by atoms with Crippen molar-refractivity contribution >= 4 is 0 Å². The highest BCUT2D eigenvalue weighted by atomic mass is 16.6. The molecule has 164 valence electrons. The van der Waals surface area contributed by atoms with E-state index in [9.17, 15) is 15.3 Å². The van der Waals surface area contributed by atoms with Crippen LogP contribution in [0.4, 0.5) is 0 Å². The predicted molar refractivity (Wildman–Crippen MR) is 116 cm³/mol. The highest BCUT2D eigenvalue weighted by Gasteiger charge is 2.27. The Bertz CT molecular complexity index is 979. The van der Waals surface area contributed by atoms with Gasteiger partial charge in [-0.05, 0) is 41.0 Å². The molecule has 3 rings (SSSR count). The molecule has 0 aliphatic heterocycles. The van der Waals surface area contributed by atoms with E-state index in [4.69, 9.17) is 18.9 Å². The third kappa shape index (κ3) is 4.84. The highest BCUT2D eigenvalue weighted by Crippen LogP contribution is 2.43. The fourth-order valence-electron chi connectivity index (χ4n) is 3.24. The number of benzene rings is 3. The van der Waals surface area contributed by atoms with E-state index in [0.717, 1.165) is 11.1 Å².